The summed E-state index contributed by atoms with van der Waals surface area (Å²) in [4.78, 5) is 14.0. The summed E-state index contributed by atoms with van der Waals surface area (Å²) in [5, 5.41) is 2.95. The van der Waals surface area contributed by atoms with Gasteiger partial charge < -0.3 is 14.8 Å². The molecule has 2 aromatic rings. The highest BCUT2D eigenvalue weighted by Gasteiger charge is 2.13. The Labute approximate surface area is 125 Å². The number of carbonyl (C=O) groups excluding carboxylic acids is 1. The van der Waals surface area contributed by atoms with E-state index in [1.54, 1.807) is 11.0 Å². The summed E-state index contributed by atoms with van der Waals surface area (Å²) in [6, 6.07) is 13.8. The van der Waals surface area contributed by atoms with Crippen LogP contribution in [0, 0.1) is 0 Å². The second-order valence-corrected chi connectivity index (χ2v) is 4.92. The van der Waals surface area contributed by atoms with E-state index in [9.17, 15) is 4.79 Å². The van der Waals surface area contributed by atoms with E-state index >= 15 is 0 Å². The Balaban J connectivity index is 1.95. The van der Waals surface area contributed by atoms with Gasteiger partial charge in [0.1, 0.15) is 0 Å². The molecule has 4 nitrogen and oxygen atoms in total. The predicted octanol–water partition coefficient (Wildman–Crippen LogP) is 2.92. The second kappa shape index (κ2) is 7.33. The predicted molar refractivity (Wildman–Crippen MR) is 84.7 cm³/mol. The van der Waals surface area contributed by atoms with Crippen molar-refractivity contribution < 1.29 is 4.79 Å². The van der Waals surface area contributed by atoms with Gasteiger partial charge in [-0.2, -0.15) is 0 Å². The average Bonchev–Trinajstić information content (AvgIpc) is 2.91. The quantitative estimate of drug-likeness (QED) is 0.813. The van der Waals surface area contributed by atoms with E-state index in [1.165, 1.54) is 0 Å². The van der Waals surface area contributed by atoms with Crippen molar-refractivity contribution in [2.24, 2.45) is 7.05 Å². The lowest BCUT2D eigenvalue weighted by molar-refractivity contribution is 0.199. The molecule has 1 heterocycles. The molecule has 110 valence electrons. The SMILES string of the molecule is C=CCN(Cc1cccn1C)C(=O)NCc1ccccc1. The zero-order valence-corrected chi connectivity index (χ0v) is 12.3. The van der Waals surface area contributed by atoms with Crippen LogP contribution in [0.2, 0.25) is 0 Å². The normalized spacial score (nSPS) is 10.1. The smallest absolute Gasteiger partial charge is 0.318 e. The second-order valence-electron chi connectivity index (χ2n) is 4.92. The number of hydrogen-bond donors (Lipinski definition) is 1. The van der Waals surface area contributed by atoms with Crippen LogP contribution in [0.3, 0.4) is 0 Å². The maximum atomic E-state index is 12.3. The fourth-order valence-electron chi connectivity index (χ4n) is 2.12. The van der Waals surface area contributed by atoms with Crippen molar-refractivity contribution in [1.82, 2.24) is 14.8 Å². The monoisotopic (exact) mass is 283 g/mol. The zero-order chi connectivity index (χ0) is 15.1. The lowest BCUT2D eigenvalue weighted by atomic mass is 10.2. The van der Waals surface area contributed by atoms with Gasteiger partial charge in [0.25, 0.3) is 0 Å². The molecule has 0 fully saturated rings. The summed E-state index contributed by atoms with van der Waals surface area (Å²) in [5.74, 6) is 0. The molecule has 0 aliphatic heterocycles. The first kappa shape index (κ1) is 14.9. The van der Waals surface area contributed by atoms with Gasteiger partial charge in [-0.15, -0.1) is 6.58 Å². The van der Waals surface area contributed by atoms with E-state index in [2.05, 4.69) is 11.9 Å². The molecule has 1 aromatic heterocycles. The first-order chi connectivity index (χ1) is 10.2. The molecular weight excluding hydrogens is 262 g/mol. The fraction of sp³-hybridized carbons (Fsp3) is 0.235. The summed E-state index contributed by atoms with van der Waals surface area (Å²) >= 11 is 0. The van der Waals surface area contributed by atoms with E-state index in [0.29, 0.717) is 19.6 Å². The van der Waals surface area contributed by atoms with Gasteiger partial charge in [-0.05, 0) is 17.7 Å². The number of hydrogen-bond acceptors (Lipinski definition) is 1. The fourth-order valence-corrected chi connectivity index (χ4v) is 2.12. The molecule has 0 bridgehead atoms. The van der Waals surface area contributed by atoms with E-state index in [4.69, 9.17) is 0 Å². The van der Waals surface area contributed by atoms with Gasteiger partial charge in [0.15, 0.2) is 0 Å². The largest absolute Gasteiger partial charge is 0.353 e. The Morgan fingerprint density at radius 1 is 1.29 bits per heavy atom. The molecular formula is C17H21N3O. The van der Waals surface area contributed by atoms with Crippen molar-refractivity contribution >= 4 is 6.03 Å². The molecule has 0 saturated carbocycles. The van der Waals surface area contributed by atoms with Gasteiger partial charge in [0.05, 0.1) is 6.54 Å². The molecule has 4 heteroatoms. The first-order valence-electron chi connectivity index (χ1n) is 6.98. The third kappa shape index (κ3) is 4.24. The van der Waals surface area contributed by atoms with Gasteiger partial charge in [0, 0.05) is 32.0 Å². The van der Waals surface area contributed by atoms with Crippen molar-refractivity contribution in [3.8, 4) is 0 Å². The van der Waals surface area contributed by atoms with Crippen LogP contribution in [0.4, 0.5) is 4.79 Å². The molecule has 0 radical (unpaired) electrons. The number of nitrogens with zero attached hydrogens (tertiary/aromatic N) is 2. The summed E-state index contributed by atoms with van der Waals surface area (Å²) in [5.41, 5.74) is 2.18. The lowest BCUT2D eigenvalue weighted by Gasteiger charge is -2.22. The highest BCUT2D eigenvalue weighted by molar-refractivity contribution is 5.74. The average molecular weight is 283 g/mol. The molecule has 0 spiro atoms. The number of rotatable bonds is 6. The minimum atomic E-state index is -0.0834. The standard InChI is InChI=1S/C17H21N3O/c1-3-11-20(14-16-10-7-12-19(16)2)17(21)18-13-15-8-5-4-6-9-15/h3-10,12H,1,11,13-14H2,2H3,(H,18,21). The van der Waals surface area contributed by atoms with E-state index in [-0.39, 0.29) is 6.03 Å². The van der Waals surface area contributed by atoms with Gasteiger partial charge in [-0.1, -0.05) is 36.4 Å². The summed E-state index contributed by atoms with van der Waals surface area (Å²) in [6.45, 7) is 5.34. The Kier molecular flexibility index (Phi) is 5.21. The number of benzene rings is 1. The third-order valence-electron chi connectivity index (χ3n) is 3.33. The number of aromatic nitrogens is 1. The number of urea groups is 1. The highest BCUT2D eigenvalue weighted by Crippen LogP contribution is 2.06. The maximum Gasteiger partial charge on any atom is 0.318 e. The van der Waals surface area contributed by atoms with Crippen LogP contribution in [0.15, 0.2) is 61.3 Å². The molecule has 0 unspecified atom stereocenters. The van der Waals surface area contributed by atoms with E-state index < -0.39 is 0 Å². The molecule has 2 rings (SSSR count). The minimum Gasteiger partial charge on any atom is -0.353 e. The van der Waals surface area contributed by atoms with Crippen molar-refractivity contribution in [2.45, 2.75) is 13.1 Å². The van der Waals surface area contributed by atoms with Crippen LogP contribution in [0.25, 0.3) is 0 Å². The van der Waals surface area contributed by atoms with Crippen LogP contribution in [0.1, 0.15) is 11.3 Å². The third-order valence-corrected chi connectivity index (χ3v) is 3.33. The Hall–Kier alpha value is -2.49. The van der Waals surface area contributed by atoms with Crippen molar-refractivity contribution in [1.29, 1.82) is 0 Å². The van der Waals surface area contributed by atoms with E-state index in [1.807, 2.05) is 60.3 Å². The number of aryl methyl sites for hydroxylation is 1. The molecule has 21 heavy (non-hydrogen) atoms. The Morgan fingerprint density at radius 3 is 2.67 bits per heavy atom. The van der Waals surface area contributed by atoms with Crippen LogP contribution in [0.5, 0.6) is 0 Å². The van der Waals surface area contributed by atoms with Crippen molar-refractivity contribution in [2.75, 3.05) is 6.54 Å². The highest BCUT2D eigenvalue weighted by atomic mass is 16.2. The molecule has 0 aliphatic carbocycles. The molecule has 0 aliphatic rings. The zero-order valence-electron chi connectivity index (χ0n) is 12.3. The summed E-state index contributed by atoms with van der Waals surface area (Å²) in [6.07, 6.45) is 3.72. The first-order valence-corrected chi connectivity index (χ1v) is 6.98. The number of amides is 2. The molecule has 2 amide bonds. The maximum absolute atomic E-state index is 12.3. The number of nitrogens with one attached hydrogen (secondary N) is 1. The van der Waals surface area contributed by atoms with Crippen LogP contribution < -0.4 is 5.32 Å². The molecule has 1 aromatic carbocycles. The van der Waals surface area contributed by atoms with Crippen LogP contribution in [-0.2, 0) is 20.1 Å². The topological polar surface area (TPSA) is 37.3 Å². The Bertz CT molecular complexity index is 589. The van der Waals surface area contributed by atoms with Crippen molar-refractivity contribution in [3.63, 3.8) is 0 Å². The van der Waals surface area contributed by atoms with Crippen molar-refractivity contribution in [3.05, 3.63) is 72.6 Å². The van der Waals surface area contributed by atoms with Gasteiger partial charge in [0.2, 0.25) is 0 Å². The molecule has 0 atom stereocenters. The van der Waals surface area contributed by atoms with E-state index in [0.717, 1.165) is 11.3 Å². The van der Waals surface area contributed by atoms with Gasteiger partial charge in [-0.3, -0.25) is 0 Å². The van der Waals surface area contributed by atoms with Gasteiger partial charge in [-0.25, -0.2) is 4.79 Å². The minimum absolute atomic E-state index is 0.0834. The van der Waals surface area contributed by atoms with Gasteiger partial charge >= 0.3 is 6.03 Å². The lowest BCUT2D eigenvalue weighted by Crippen LogP contribution is -2.39. The number of carbonyl (C=O) groups is 1. The Morgan fingerprint density at radius 2 is 2.05 bits per heavy atom. The molecule has 0 saturated heterocycles. The van der Waals surface area contributed by atoms with Crippen LogP contribution >= 0.6 is 0 Å². The van der Waals surface area contributed by atoms with Crippen LogP contribution in [-0.4, -0.2) is 22.0 Å². The molecule has 1 N–H and O–H groups in total. The summed E-state index contributed by atoms with van der Waals surface area (Å²) in [7, 11) is 1.98. The summed E-state index contributed by atoms with van der Waals surface area (Å²) < 4.78 is 2.01.